The van der Waals surface area contributed by atoms with Gasteiger partial charge >= 0.3 is 0 Å². The molecule has 14 heavy (non-hydrogen) atoms. The fourth-order valence-corrected chi connectivity index (χ4v) is 2.51. The summed E-state index contributed by atoms with van der Waals surface area (Å²) in [7, 11) is 0.449. The lowest BCUT2D eigenvalue weighted by Crippen LogP contribution is -2.03. The third-order valence-electron chi connectivity index (χ3n) is 2.44. The van der Waals surface area contributed by atoms with Crippen LogP contribution in [-0.2, 0) is 4.52 Å². The van der Waals surface area contributed by atoms with Crippen LogP contribution in [0.3, 0.4) is 0 Å². The van der Waals surface area contributed by atoms with Gasteiger partial charge in [-0.15, -0.1) is 0 Å². The minimum atomic E-state index is 0.449. The largest absolute Gasteiger partial charge is 0.480 e. The van der Waals surface area contributed by atoms with Gasteiger partial charge in [-0.1, -0.05) is 36.4 Å². The standard InChI is InChI=1S/C12H9OP/c1-2-4-10-9(3-1)5-6-12-11(10)7-8-13-14-12/h1-8,14H. The van der Waals surface area contributed by atoms with Gasteiger partial charge in [0.25, 0.3) is 0 Å². The Balaban J connectivity index is 2.42. The third-order valence-corrected chi connectivity index (χ3v) is 3.35. The topological polar surface area (TPSA) is 9.23 Å². The van der Waals surface area contributed by atoms with Gasteiger partial charge in [0.05, 0.1) is 6.26 Å². The molecule has 0 aliphatic carbocycles. The Bertz CT molecular complexity index is 517. The zero-order valence-electron chi connectivity index (χ0n) is 7.53. The molecule has 1 unspecified atom stereocenters. The van der Waals surface area contributed by atoms with E-state index in [1.807, 2.05) is 6.08 Å². The van der Waals surface area contributed by atoms with E-state index in [9.17, 15) is 0 Å². The van der Waals surface area contributed by atoms with E-state index < -0.39 is 0 Å². The summed E-state index contributed by atoms with van der Waals surface area (Å²) in [5.41, 5.74) is 1.31. The monoisotopic (exact) mass is 200 g/mol. The molecule has 0 amide bonds. The van der Waals surface area contributed by atoms with Crippen LogP contribution in [0.25, 0.3) is 16.8 Å². The summed E-state index contributed by atoms with van der Waals surface area (Å²) in [5, 5.41) is 3.91. The lowest BCUT2D eigenvalue weighted by Gasteiger charge is -2.13. The average molecular weight is 200 g/mol. The first-order valence-corrected chi connectivity index (χ1v) is 5.46. The molecule has 3 rings (SSSR count). The van der Waals surface area contributed by atoms with Crippen LogP contribution in [0.1, 0.15) is 5.56 Å². The summed E-state index contributed by atoms with van der Waals surface area (Å²) in [5.74, 6) is 0. The molecule has 1 heterocycles. The first-order valence-electron chi connectivity index (χ1n) is 4.55. The first kappa shape index (κ1) is 8.02. The predicted octanol–water partition coefficient (Wildman–Crippen LogP) is 3.06. The van der Waals surface area contributed by atoms with Crippen molar-refractivity contribution in [1.82, 2.24) is 0 Å². The molecule has 0 fully saturated rings. The van der Waals surface area contributed by atoms with Gasteiger partial charge < -0.3 is 4.52 Å². The Labute approximate surface area is 84.3 Å². The van der Waals surface area contributed by atoms with Crippen LogP contribution in [-0.4, -0.2) is 0 Å². The Kier molecular flexibility index (Phi) is 1.78. The highest BCUT2D eigenvalue weighted by Gasteiger charge is 2.08. The van der Waals surface area contributed by atoms with Crippen molar-refractivity contribution in [3.8, 4) is 0 Å². The van der Waals surface area contributed by atoms with Crippen LogP contribution in [0.2, 0.25) is 0 Å². The van der Waals surface area contributed by atoms with Gasteiger partial charge in [0.15, 0.2) is 0 Å². The Morgan fingerprint density at radius 1 is 1.00 bits per heavy atom. The van der Waals surface area contributed by atoms with Gasteiger partial charge in [-0.05, 0) is 22.4 Å². The van der Waals surface area contributed by atoms with E-state index in [1.165, 1.54) is 21.6 Å². The molecule has 0 saturated heterocycles. The number of hydrogen-bond donors (Lipinski definition) is 0. The van der Waals surface area contributed by atoms with Crippen molar-refractivity contribution in [2.75, 3.05) is 0 Å². The zero-order valence-corrected chi connectivity index (χ0v) is 8.53. The molecular weight excluding hydrogens is 191 g/mol. The Morgan fingerprint density at radius 3 is 2.93 bits per heavy atom. The number of benzene rings is 2. The maximum atomic E-state index is 5.29. The van der Waals surface area contributed by atoms with Crippen molar-refractivity contribution in [2.24, 2.45) is 0 Å². The molecule has 68 valence electrons. The van der Waals surface area contributed by atoms with Crippen molar-refractivity contribution in [3.63, 3.8) is 0 Å². The van der Waals surface area contributed by atoms with Crippen LogP contribution in [0, 0.1) is 0 Å². The highest BCUT2D eigenvalue weighted by molar-refractivity contribution is 7.42. The average Bonchev–Trinajstić information content (AvgIpc) is 2.29. The van der Waals surface area contributed by atoms with Gasteiger partial charge in [-0.2, -0.15) is 0 Å². The summed E-state index contributed by atoms with van der Waals surface area (Å²) in [6.45, 7) is 0. The third kappa shape index (κ3) is 1.13. The molecule has 0 N–H and O–H groups in total. The van der Waals surface area contributed by atoms with Crippen LogP contribution in [0.15, 0.2) is 42.7 Å². The molecule has 0 radical (unpaired) electrons. The maximum absolute atomic E-state index is 5.29. The highest BCUT2D eigenvalue weighted by Crippen LogP contribution is 2.27. The van der Waals surface area contributed by atoms with E-state index in [4.69, 9.17) is 4.52 Å². The van der Waals surface area contributed by atoms with E-state index in [2.05, 4.69) is 36.4 Å². The van der Waals surface area contributed by atoms with Crippen molar-refractivity contribution in [2.45, 2.75) is 0 Å². The molecule has 0 saturated carbocycles. The molecule has 2 aromatic carbocycles. The summed E-state index contributed by atoms with van der Waals surface area (Å²) in [4.78, 5) is 0. The fraction of sp³-hybridized carbons (Fsp3) is 0. The van der Waals surface area contributed by atoms with Crippen molar-refractivity contribution < 1.29 is 4.52 Å². The summed E-state index contributed by atoms with van der Waals surface area (Å²) < 4.78 is 5.29. The minimum Gasteiger partial charge on any atom is -0.480 e. The Hall–Kier alpha value is -1.33. The molecule has 2 aromatic rings. The molecule has 1 aliphatic heterocycles. The molecule has 0 spiro atoms. The molecule has 0 bridgehead atoms. The second-order valence-corrected chi connectivity index (χ2v) is 4.25. The SMILES string of the molecule is C1=Cc2c(ccc3ccccc23)PO1. The van der Waals surface area contributed by atoms with E-state index in [0.717, 1.165) is 0 Å². The van der Waals surface area contributed by atoms with Gasteiger partial charge in [-0.3, -0.25) is 0 Å². The van der Waals surface area contributed by atoms with E-state index in [1.54, 1.807) is 6.26 Å². The molecule has 0 aromatic heterocycles. The van der Waals surface area contributed by atoms with Crippen molar-refractivity contribution in [3.05, 3.63) is 48.2 Å². The number of hydrogen-bond acceptors (Lipinski definition) is 1. The van der Waals surface area contributed by atoms with Gasteiger partial charge in [0, 0.05) is 5.30 Å². The van der Waals surface area contributed by atoms with E-state index in [-0.39, 0.29) is 0 Å². The molecule has 2 heteroatoms. The van der Waals surface area contributed by atoms with Gasteiger partial charge in [0.1, 0.15) is 8.81 Å². The van der Waals surface area contributed by atoms with Crippen LogP contribution >= 0.6 is 8.81 Å². The minimum absolute atomic E-state index is 0.449. The second-order valence-electron chi connectivity index (χ2n) is 3.27. The zero-order chi connectivity index (χ0) is 9.38. The smallest absolute Gasteiger partial charge is 0.104 e. The molecule has 1 nitrogen and oxygen atoms in total. The first-order chi connectivity index (χ1) is 6.95. The van der Waals surface area contributed by atoms with E-state index >= 15 is 0 Å². The van der Waals surface area contributed by atoms with Crippen LogP contribution < -0.4 is 5.30 Å². The quantitative estimate of drug-likeness (QED) is 0.594. The number of rotatable bonds is 0. The fourth-order valence-electron chi connectivity index (χ4n) is 1.76. The molecule has 1 atom stereocenters. The van der Waals surface area contributed by atoms with Crippen molar-refractivity contribution >= 4 is 31.0 Å². The Morgan fingerprint density at radius 2 is 1.93 bits per heavy atom. The summed E-state index contributed by atoms with van der Waals surface area (Å²) >= 11 is 0. The predicted molar refractivity (Wildman–Crippen MR) is 62.0 cm³/mol. The van der Waals surface area contributed by atoms with Gasteiger partial charge in [0.2, 0.25) is 0 Å². The van der Waals surface area contributed by atoms with Crippen LogP contribution in [0.4, 0.5) is 0 Å². The molecule has 1 aliphatic rings. The second kappa shape index (κ2) is 3.11. The lowest BCUT2D eigenvalue weighted by molar-refractivity contribution is 0.560. The normalized spacial score (nSPS) is 15.4. The van der Waals surface area contributed by atoms with E-state index in [0.29, 0.717) is 8.81 Å². The lowest BCUT2D eigenvalue weighted by atomic mass is 10.0. The van der Waals surface area contributed by atoms with Gasteiger partial charge in [-0.25, -0.2) is 0 Å². The highest BCUT2D eigenvalue weighted by atomic mass is 31.1. The van der Waals surface area contributed by atoms with Crippen LogP contribution in [0.5, 0.6) is 0 Å². The molecular formula is C12H9OP. The summed E-state index contributed by atoms with van der Waals surface area (Å²) in [6, 6.07) is 12.8. The van der Waals surface area contributed by atoms with Crippen molar-refractivity contribution in [1.29, 1.82) is 0 Å². The summed E-state index contributed by atoms with van der Waals surface area (Å²) in [6.07, 6.45) is 3.83. The maximum Gasteiger partial charge on any atom is 0.104 e. The number of fused-ring (bicyclic) bond motifs is 3.